The highest BCUT2D eigenvalue weighted by Gasteiger charge is 2.76. The first kappa shape index (κ1) is 27.3. The Balaban J connectivity index is 1.39. The summed E-state index contributed by atoms with van der Waals surface area (Å²) < 4.78 is 17.3. The second kappa shape index (κ2) is 10.3. The van der Waals surface area contributed by atoms with Crippen LogP contribution in [0.2, 0.25) is 0 Å². The van der Waals surface area contributed by atoms with Crippen LogP contribution in [0.1, 0.15) is 40.5 Å². The van der Waals surface area contributed by atoms with Gasteiger partial charge in [0.2, 0.25) is 0 Å². The van der Waals surface area contributed by atoms with Gasteiger partial charge in [0.1, 0.15) is 11.5 Å². The summed E-state index contributed by atoms with van der Waals surface area (Å²) in [5.74, 6) is -2.21. The SMILES string of the molecule is CCOC(=O)[C@@H]1[C@@H]([C@H]2[C@@H](Oc3ccccc3)C(=O)N2c2ccc(OC)cc2)C2CCCN2C12C(=O)c1ccccc1C2=O. The van der Waals surface area contributed by atoms with E-state index >= 15 is 0 Å². The lowest BCUT2D eigenvalue weighted by Gasteiger charge is -2.51. The minimum Gasteiger partial charge on any atom is -0.497 e. The number of ketones is 2. The molecular weight excluding hydrogens is 548 g/mol. The molecule has 3 aromatic rings. The number of benzene rings is 3. The van der Waals surface area contributed by atoms with Gasteiger partial charge >= 0.3 is 5.97 Å². The fourth-order valence-electron chi connectivity index (χ4n) is 7.90. The maximum absolute atomic E-state index is 14.4. The largest absolute Gasteiger partial charge is 0.497 e. The van der Waals surface area contributed by atoms with Crippen LogP contribution < -0.4 is 14.4 Å². The highest BCUT2D eigenvalue weighted by Crippen LogP contribution is 2.57. The van der Waals surface area contributed by atoms with Gasteiger partial charge in [0, 0.05) is 28.8 Å². The molecule has 5 atom stereocenters. The Hall–Kier alpha value is -4.50. The molecule has 220 valence electrons. The van der Waals surface area contributed by atoms with Crippen LogP contribution in [0, 0.1) is 11.8 Å². The predicted octanol–water partition coefficient (Wildman–Crippen LogP) is 3.95. The Morgan fingerprint density at radius 1 is 0.884 bits per heavy atom. The summed E-state index contributed by atoms with van der Waals surface area (Å²) in [4.78, 5) is 60.5. The molecule has 9 heteroatoms. The number of hydrogen-bond donors (Lipinski definition) is 0. The van der Waals surface area contributed by atoms with Gasteiger partial charge in [-0.05, 0) is 62.7 Å². The number of Topliss-reactive ketones (excluding diaryl/α,β-unsaturated/α-hetero) is 2. The third-order valence-electron chi connectivity index (χ3n) is 9.52. The van der Waals surface area contributed by atoms with Gasteiger partial charge in [-0.2, -0.15) is 0 Å². The van der Waals surface area contributed by atoms with Gasteiger partial charge in [0.25, 0.3) is 5.91 Å². The molecule has 3 saturated heterocycles. The molecule has 4 aliphatic rings. The zero-order chi connectivity index (χ0) is 29.9. The molecule has 0 N–H and O–H groups in total. The molecule has 0 saturated carbocycles. The number of amides is 1. The van der Waals surface area contributed by atoms with Gasteiger partial charge in [0.15, 0.2) is 23.2 Å². The van der Waals surface area contributed by atoms with Crippen molar-refractivity contribution in [3.63, 3.8) is 0 Å². The van der Waals surface area contributed by atoms with Crippen LogP contribution in [0.25, 0.3) is 0 Å². The Kier molecular flexibility index (Phi) is 6.58. The lowest BCUT2D eigenvalue weighted by atomic mass is 9.68. The van der Waals surface area contributed by atoms with Crippen LogP contribution in [-0.4, -0.2) is 72.3 Å². The van der Waals surface area contributed by atoms with Crippen LogP contribution in [0.4, 0.5) is 5.69 Å². The molecule has 1 spiro atoms. The Morgan fingerprint density at radius 3 is 2.16 bits per heavy atom. The lowest BCUT2D eigenvalue weighted by Crippen LogP contribution is -2.72. The van der Waals surface area contributed by atoms with E-state index in [-0.39, 0.29) is 30.1 Å². The van der Waals surface area contributed by atoms with Crippen LogP contribution >= 0.6 is 0 Å². The van der Waals surface area contributed by atoms with Crippen molar-refractivity contribution in [2.45, 2.75) is 43.5 Å². The van der Waals surface area contributed by atoms with Gasteiger partial charge < -0.3 is 19.1 Å². The third-order valence-corrected chi connectivity index (χ3v) is 9.52. The van der Waals surface area contributed by atoms with E-state index in [1.54, 1.807) is 79.6 Å². The number of fused-ring (bicyclic) bond motifs is 3. The summed E-state index contributed by atoms with van der Waals surface area (Å²) in [6.45, 7) is 2.28. The van der Waals surface area contributed by atoms with E-state index in [4.69, 9.17) is 14.2 Å². The molecule has 0 bridgehead atoms. The van der Waals surface area contributed by atoms with Crippen molar-refractivity contribution < 1.29 is 33.4 Å². The second-order valence-electron chi connectivity index (χ2n) is 11.4. The number of ether oxygens (including phenoxy) is 3. The van der Waals surface area contributed by atoms with E-state index in [2.05, 4.69) is 0 Å². The maximum Gasteiger partial charge on any atom is 0.312 e. The highest BCUT2D eigenvalue weighted by molar-refractivity contribution is 6.34. The van der Waals surface area contributed by atoms with Crippen molar-refractivity contribution in [2.24, 2.45) is 11.8 Å². The van der Waals surface area contributed by atoms with Crippen LogP contribution in [0.3, 0.4) is 0 Å². The Labute approximate surface area is 249 Å². The molecule has 43 heavy (non-hydrogen) atoms. The molecule has 0 radical (unpaired) electrons. The molecule has 0 aromatic heterocycles. The molecule has 7 rings (SSSR count). The van der Waals surface area contributed by atoms with E-state index in [0.717, 1.165) is 6.42 Å². The Morgan fingerprint density at radius 2 is 1.53 bits per heavy atom. The summed E-state index contributed by atoms with van der Waals surface area (Å²) in [6.07, 6.45) is 0.485. The molecule has 3 aromatic carbocycles. The fraction of sp³-hybridized carbons (Fsp3) is 0.353. The first-order chi connectivity index (χ1) is 20.9. The molecule has 3 fully saturated rings. The summed E-state index contributed by atoms with van der Waals surface area (Å²) in [6, 6.07) is 22.0. The number of para-hydroxylation sites is 1. The number of rotatable bonds is 7. The number of β-lactam (4-membered cyclic amide) rings is 1. The number of carbonyl (C=O) groups excluding carboxylic acids is 4. The van der Waals surface area contributed by atoms with E-state index in [9.17, 15) is 19.2 Å². The van der Waals surface area contributed by atoms with Crippen molar-refractivity contribution in [3.8, 4) is 11.5 Å². The Bertz CT molecular complexity index is 1570. The predicted molar refractivity (Wildman–Crippen MR) is 156 cm³/mol. The number of anilines is 1. The molecule has 1 amide bonds. The number of carbonyl (C=O) groups is 4. The number of methoxy groups -OCH3 is 1. The van der Waals surface area contributed by atoms with Crippen molar-refractivity contribution in [3.05, 3.63) is 90.0 Å². The monoisotopic (exact) mass is 580 g/mol. The molecule has 3 aliphatic heterocycles. The van der Waals surface area contributed by atoms with Crippen LogP contribution in [-0.2, 0) is 14.3 Å². The summed E-state index contributed by atoms with van der Waals surface area (Å²) in [5, 5.41) is 0. The van der Waals surface area contributed by atoms with Crippen molar-refractivity contribution >= 4 is 29.1 Å². The lowest BCUT2D eigenvalue weighted by molar-refractivity contribution is -0.154. The standard InChI is InChI=1S/C34H32N2O7/c1-3-42-33(40)27-26(25-14-9-19-35(25)34(27)30(37)23-12-7-8-13-24(23)31(34)38)28-29(43-22-10-5-4-6-11-22)32(39)36(28)20-15-17-21(41-2)18-16-20/h4-8,10-13,15-18,25-29H,3,9,14,19H2,1-2H3/t25?,26-,27-,28-,29+/m0/s1. The van der Waals surface area contributed by atoms with E-state index < -0.39 is 35.5 Å². The van der Waals surface area contributed by atoms with Crippen molar-refractivity contribution in [2.75, 3.05) is 25.2 Å². The average Bonchev–Trinajstić information content (AvgIpc) is 3.68. The maximum atomic E-state index is 14.4. The number of nitrogens with zero attached hydrogens (tertiary/aromatic N) is 2. The quantitative estimate of drug-likeness (QED) is 0.235. The van der Waals surface area contributed by atoms with Gasteiger partial charge in [0.05, 0.1) is 25.7 Å². The first-order valence-electron chi connectivity index (χ1n) is 14.7. The van der Waals surface area contributed by atoms with Gasteiger partial charge in [-0.3, -0.25) is 24.1 Å². The van der Waals surface area contributed by atoms with Crippen LogP contribution in [0.5, 0.6) is 11.5 Å². The minimum atomic E-state index is -1.73. The molecule has 3 heterocycles. The number of hydrogen-bond acceptors (Lipinski definition) is 8. The first-order valence-corrected chi connectivity index (χ1v) is 14.7. The topological polar surface area (TPSA) is 102 Å². The smallest absolute Gasteiger partial charge is 0.312 e. The normalized spacial score (nSPS) is 27.2. The second-order valence-corrected chi connectivity index (χ2v) is 11.4. The van der Waals surface area contributed by atoms with Crippen molar-refractivity contribution in [1.82, 2.24) is 4.90 Å². The van der Waals surface area contributed by atoms with E-state index in [1.165, 1.54) is 0 Å². The fourth-order valence-corrected chi connectivity index (χ4v) is 7.90. The molecule has 9 nitrogen and oxygen atoms in total. The molecule has 1 aliphatic carbocycles. The average molecular weight is 581 g/mol. The van der Waals surface area contributed by atoms with Gasteiger partial charge in [-0.25, -0.2) is 0 Å². The van der Waals surface area contributed by atoms with E-state index in [0.29, 0.717) is 41.3 Å². The minimum absolute atomic E-state index is 0.0911. The van der Waals surface area contributed by atoms with Crippen LogP contribution in [0.15, 0.2) is 78.9 Å². The van der Waals surface area contributed by atoms with Gasteiger partial charge in [-0.1, -0.05) is 42.5 Å². The molecular formula is C34H32N2O7. The molecule has 1 unspecified atom stereocenters. The summed E-state index contributed by atoms with van der Waals surface area (Å²) in [7, 11) is 1.57. The third kappa shape index (κ3) is 3.80. The van der Waals surface area contributed by atoms with Crippen molar-refractivity contribution in [1.29, 1.82) is 0 Å². The summed E-state index contributed by atoms with van der Waals surface area (Å²) in [5.41, 5.74) is -0.476. The summed E-state index contributed by atoms with van der Waals surface area (Å²) >= 11 is 0. The van der Waals surface area contributed by atoms with Gasteiger partial charge in [-0.15, -0.1) is 0 Å². The van der Waals surface area contributed by atoms with E-state index in [1.807, 2.05) is 23.1 Å². The highest BCUT2D eigenvalue weighted by atomic mass is 16.5. The zero-order valence-electron chi connectivity index (χ0n) is 24.0. The number of esters is 1. The zero-order valence-corrected chi connectivity index (χ0v) is 24.0.